The first-order chi connectivity index (χ1) is 12.6. The van der Waals surface area contributed by atoms with Crippen molar-refractivity contribution in [2.75, 3.05) is 0 Å². The minimum atomic E-state index is -0.825. The number of aryl methyl sites for hydroxylation is 1. The molecule has 1 aliphatic carbocycles. The van der Waals surface area contributed by atoms with Gasteiger partial charge in [0.1, 0.15) is 17.5 Å². The van der Waals surface area contributed by atoms with Crippen LogP contribution in [0.15, 0.2) is 30.3 Å². The van der Waals surface area contributed by atoms with Crippen LogP contribution in [-0.2, 0) is 17.8 Å². The molecule has 0 spiro atoms. The van der Waals surface area contributed by atoms with Gasteiger partial charge in [0, 0.05) is 11.6 Å². The minimum Gasteiger partial charge on any atom is -0.320 e. The highest BCUT2D eigenvalue weighted by atomic mass is 16.2. The molecule has 1 atom stereocenters. The Balaban J connectivity index is 1.72. The highest BCUT2D eigenvalue weighted by Crippen LogP contribution is 2.35. The Morgan fingerprint density at radius 3 is 2.54 bits per heavy atom. The molecule has 1 amide bonds. The second-order valence-electron chi connectivity index (χ2n) is 7.71. The van der Waals surface area contributed by atoms with Crippen molar-refractivity contribution in [1.82, 2.24) is 14.7 Å². The molecule has 0 N–H and O–H groups in total. The van der Waals surface area contributed by atoms with Gasteiger partial charge in [-0.15, -0.1) is 0 Å². The molecular weight excluding hydrogens is 326 g/mol. The van der Waals surface area contributed by atoms with Crippen molar-refractivity contribution in [2.45, 2.75) is 64.1 Å². The molecule has 5 nitrogen and oxygen atoms in total. The third kappa shape index (κ3) is 2.66. The van der Waals surface area contributed by atoms with Crippen LogP contribution in [0.25, 0.3) is 11.3 Å². The summed E-state index contributed by atoms with van der Waals surface area (Å²) in [5, 5.41) is 4.64. The Morgan fingerprint density at radius 1 is 1.23 bits per heavy atom. The highest BCUT2D eigenvalue weighted by Gasteiger charge is 2.46. The lowest BCUT2D eigenvalue weighted by molar-refractivity contribution is -0.119. The fraction of sp³-hybridized carbons (Fsp3) is 0.476. The second-order valence-corrected chi connectivity index (χ2v) is 7.71. The van der Waals surface area contributed by atoms with Crippen molar-refractivity contribution in [3.8, 4) is 11.3 Å². The Hall–Kier alpha value is -2.43. The van der Waals surface area contributed by atoms with Crippen LogP contribution in [0.5, 0.6) is 0 Å². The highest BCUT2D eigenvalue weighted by molar-refractivity contribution is 5.97. The number of carbonyl (C=O) groups excluding carboxylic acids is 2. The van der Waals surface area contributed by atoms with E-state index >= 15 is 0 Å². The molecule has 1 unspecified atom stereocenters. The lowest BCUT2D eigenvalue weighted by atomic mass is 9.95. The van der Waals surface area contributed by atoms with Gasteiger partial charge in [0.05, 0.1) is 12.2 Å². The average molecular weight is 351 g/mol. The van der Waals surface area contributed by atoms with Crippen molar-refractivity contribution < 1.29 is 9.59 Å². The SMILES string of the molecule is CCc1ccc(-c2cc3n(n2)CC(C)(C=O)N(C2CCCC2)C3=O)cc1. The molecule has 0 saturated heterocycles. The molecule has 1 saturated carbocycles. The molecule has 5 heteroatoms. The molecule has 26 heavy (non-hydrogen) atoms. The molecule has 1 fully saturated rings. The molecule has 0 bridgehead atoms. The number of hydrogen-bond acceptors (Lipinski definition) is 3. The van der Waals surface area contributed by atoms with E-state index in [0.29, 0.717) is 12.2 Å². The maximum absolute atomic E-state index is 13.2. The van der Waals surface area contributed by atoms with Crippen LogP contribution in [0.2, 0.25) is 0 Å². The van der Waals surface area contributed by atoms with Crippen molar-refractivity contribution in [3.63, 3.8) is 0 Å². The molecule has 1 aromatic carbocycles. The van der Waals surface area contributed by atoms with E-state index in [0.717, 1.165) is 49.6 Å². The van der Waals surface area contributed by atoms with Gasteiger partial charge < -0.3 is 9.69 Å². The summed E-state index contributed by atoms with van der Waals surface area (Å²) in [7, 11) is 0. The summed E-state index contributed by atoms with van der Waals surface area (Å²) >= 11 is 0. The number of hydrogen-bond donors (Lipinski definition) is 0. The minimum absolute atomic E-state index is 0.0679. The Labute approximate surface area is 154 Å². The number of aromatic nitrogens is 2. The molecular formula is C21H25N3O2. The zero-order valence-electron chi connectivity index (χ0n) is 15.4. The van der Waals surface area contributed by atoms with Crippen LogP contribution in [0.3, 0.4) is 0 Å². The van der Waals surface area contributed by atoms with Crippen molar-refractivity contribution in [1.29, 1.82) is 0 Å². The van der Waals surface area contributed by atoms with Crippen LogP contribution in [-0.4, -0.2) is 38.5 Å². The van der Waals surface area contributed by atoms with E-state index in [9.17, 15) is 9.59 Å². The van der Waals surface area contributed by atoms with E-state index < -0.39 is 5.54 Å². The van der Waals surface area contributed by atoms with Crippen LogP contribution in [0, 0.1) is 0 Å². The molecule has 2 aliphatic rings. The van der Waals surface area contributed by atoms with Crippen LogP contribution < -0.4 is 0 Å². The van der Waals surface area contributed by atoms with Gasteiger partial charge in [-0.3, -0.25) is 9.48 Å². The lowest BCUT2D eigenvalue weighted by Crippen LogP contribution is -2.60. The van der Waals surface area contributed by atoms with Crippen molar-refractivity contribution in [3.05, 3.63) is 41.6 Å². The first kappa shape index (κ1) is 17.0. The molecule has 1 aliphatic heterocycles. The zero-order chi connectivity index (χ0) is 18.3. The van der Waals surface area contributed by atoms with Crippen molar-refractivity contribution >= 4 is 12.2 Å². The zero-order valence-corrected chi connectivity index (χ0v) is 15.4. The first-order valence-corrected chi connectivity index (χ1v) is 9.53. The van der Waals surface area contributed by atoms with Gasteiger partial charge in [0.25, 0.3) is 5.91 Å². The van der Waals surface area contributed by atoms with E-state index in [2.05, 4.69) is 24.2 Å². The quantitative estimate of drug-likeness (QED) is 0.793. The predicted molar refractivity (Wildman–Crippen MR) is 99.9 cm³/mol. The number of amides is 1. The fourth-order valence-electron chi connectivity index (χ4n) is 4.34. The van der Waals surface area contributed by atoms with E-state index in [-0.39, 0.29) is 11.9 Å². The molecule has 0 radical (unpaired) electrons. The van der Waals surface area contributed by atoms with E-state index in [1.807, 2.05) is 30.0 Å². The number of benzene rings is 1. The third-order valence-electron chi connectivity index (χ3n) is 5.84. The summed E-state index contributed by atoms with van der Waals surface area (Å²) in [6.07, 6.45) is 6.12. The summed E-state index contributed by atoms with van der Waals surface area (Å²) in [6.45, 7) is 4.40. The maximum Gasteiger partial charge on any atom is 0.273 e. The number of rotatable bonds is 4. The number of carbonyl (C=O) groups is 2. The van der Waals surface area contributed by atoms with Crippen LogP contribution in [0.4, 0.5) is 0 Å². The standard InChI is InChI=1S/C21H25N3O2/c1-3-15-8-10-16(11-9-15)18-12-19-20(26)24(17-6-4-5-7-17)21(2,14-25)13-23(19)22-18/h8-12,14,17H,3-7,13H2,1-2H3. The van der Waals surface area contributed by atoms with Gasteiger partial charge in [-0.05, 0) is 37.8 Å². The maximum atomic E-state index is 13.2. The molecule has 2 heterocycles. The number of nitrogens with zero attached hydrogens (tertiary/aromatic N) is 3. The number of fused-ring (bicyclic) bond motifs is 1. The molecule has 136 valence electrons. The van der Waals surface area contributed by atoms with E-state index in [1.165, 1.54) is 5.56 Å². The molecule has 1 aromatic heterocycles. The number of aldehydes is 1. The van der Waals surface area contributed by atoms with Crippen LogP contribution in [0.1, 0.15) is 55.6 Å². The summed E-state index contributed by atoms with van der Waals surface area (Å²) < 4.78 is 1.71. The second kappa shape index (κ2) is 6.38. The summed E-state index contributed by atoms with van der Waals surface area (Å²) in [5.41, 5.74) is 2.82. The van der Waals surface area contributed by atoms with Gasteiger partial charge in [0.2, 0.25) is 0 Å². The smallest absolute Gasteiger partial charge is 0.273 e. The largest absolute Gasteiger partial charge is 0.320 e. The Bertz CT molecular complexity index is 833. The van der Waals surface area contributed by atoms with Gasteiger partial charge in [-0.2, -0.15) is 5.10 Å². The Kier molecular flexibility index (Phi) is 4.17. The summed E-state index contributed by atoms with van der Waals surface area (Å²) in [4.78, 5) is 27.0. The topological polar surface area (TPSA) is 55.2 Å². The Morgan fingerprint density at radius 2 is 1.92 bits per heavy atom. The predicted octanol–water partition coefficient (Wildman–Crippen LogP) is 3.47. The molecule has 4 rings (SSSR count). The normalized spacial score (nSPS) is 23.3. The average Bonchev–Trinajstić information content (AvgIpc) is 3.32. The molecule has 2 aromatic rings. The lowest BCUT2D eigenvalue weighted by Gasteiger charge is -2.44. The van der Waals surface area contributed by atoms with Gasteiger partial charge >= 0.3 is 0 Å². The van der Waals surface area contributed by atoms with E-state index in [4.69, 9.17) is 0 Å². The fourth-order valence-corrected chi connectivity index (χ4v) is 4.34. The van der Waals surface area contributed by atoms with Gasteiger partial charge in [-0.25, -0.2) is 0 Å². The van der Waals surface area contributed by atoms with E-state index in [1.54, 1.807) is 4.68 Å². The first-order valence-electron chi connectivity index (χ1n) is 9.53. The van der Waals surface area contributed by atoms with Crippen molar-refractivity contribution in [2.24, 2.45) is 0 Å². The van der Waals surface area contributed by atoms with Gasteiger partial charge in [-0.1, -0.05) is 44.0 Å². The third-order valence-corrected chi connectivity index (χ3v) is 5.84. The van der Waals surface area contributed by atoms with Crippen LogP contribution >= 0.6 is 0 Å². The summed E-state index contributed by atoms with van der Waals surface area (Å²) in [5.74, 6) is -0.0679. The monoisotopic (exact) mass is 351 g/mol. The summed E-state index contributed by atoms with van der Waals surface area (Å²) in [6, 6.07) is 10.3. The van der Waals surface area contributed by atoms with Gasteiger partial charge in [0.15, 0.2) is 0 Å².